The molecule has 2 aromatic rings. The largest absolute Gasteiger partial charge is 0.484 e. The number of benzene rings is 1. The molecule has 1 N–H and O–H groups in total. The monoisotopic (exact) mass is 246 g/mol. The second-order valence-corrected chi connectivity index (χ2v) is 3.92. The molecule has 6 heteroatoms. The van der Waals surface area contributed by atoms with Gasteiger partial charge in [0, 0.05) is 7.05 Å². The predicted molar refractivity (Wildman–Crippen MR) is 66.3 cm³/mol. The Morgan fingerprint density at radius 1 is 1.39 bits per heavy atom. The number of hydrogen-bond donors (Lipinski definition) is 1. The molecular weight excluding hydrogens is 232 g/mol. The van der Waals surface area contributed by atoms with Crippen molar-refractivity contribution in [3.8, 4) is 5.75 Å². The molecule has 1 aromatic carbocycles. The summed E-state index contributed by atoms with van der Waals surface area (Å²) >= 11 is 0. The smallest absolute Gasteiger partial charge is 0.264 e. The van der Waals surface area contributed by atoms with Crippen LogP contribution >= 0.6 is 0 Å². The van der Waals surface area contributed by atoms with Gasteiger partial charge in [0.15, 0.2) is 6.61 Å². The molecule has 2 rings (SSSR count). The van der Waals surface area contributed by atoms with E-state index in [1.165, 1.54) is 6.33 Å². The van der Waals surface area contributed by atoms with Crippen molar-refractivity contribution < 1.29 is 9.53 Å². The van der Waals surface area contributed by atoms with E-state index in [0.717, 1.165) is 5.56 Å². The molecule has 0 radical (unpaired) electrons. The highest BCUT2D eigenvalue weighted by atomic mass is 16.5. The number of anilines is 1. The number of aromatic nitrogens is 3. The lowest BCUT2D eigenvalue weighted by Crippen LogP contribution is -2.21. The van der Waals surface area contributed by atoms with Crippen LogP contribution in [-0.2, 0) is 11.8 Å². The van der Waals surface area contributed by atoms with Crippen molar-refractivity contribution >= 4 is 11.9 Å². The Hall–Kier alpha value is -2.37. The van der Waals surface area contributed by atoms with Crippen molar-refractivity contribution in [2.45, 2.75) is 6.92 Å². The fourth-order valence-corrected chi connectivity index (χ4v) is 1.34. The zero-order chi connectivity index (χ0) is 13.0. The van der Waals surface area contributed by atoms with Crippen LogP contribution in [0.15, 0.2) is 30.6 Å². The summed E-state index contributed by atoms with van der Waals surface area (Å²) in [5.74, 6) is 0.785. The molecule has 0 atom stereocenters. The molecule has 0 bridgehead atoms. The van der Waals surface area contributed by atoms with Crippen LogP contribution < -0.4 is 10.1 Å². The van der Waals surface area contributed by atoms with E-state index >= 15 is 0 Å². The summed E-state index contributed by atoms with van der Waals surface area (Å²) in [5.41, 5.74) is 1.14. The average molecular weight is 246 g/mol. The Morgan fingerprint density at radius 2 is 2.11 bits per heavy atom. The maximum Gasteiger partial charge on any atom is 0.264 e. The van der Waals surface area contributed by atoms with Crippen LogP contribution in [0.1, 0.15) is 5.56 Å². The van der Waals surface area contributed by atoms with Gasteiger partial charge < -0.3 is 9.30 Å². The summed E-state index contributed by atoms with van der Waals surface area (Å²) in [7, 11) is 1.75. The van der Waals surface area contributed by atoms with E-state index in [-0.39, 0.29) is 12.5 Å². The van der Waals surface area contributed by atoms with Gasteiger partial charge in [-0.3, -0.25) is 10.1 Å². The van der Waals surface area contributed by atoms with Gasteiger partial charge in [0.05, 0.1) is 0 Å². The third kappa shape index (κ3) is 3.07. The van der Waals surface area contributed by atoms with Gasteiger partial charge in [0.2, 0.25) is 5.95 Å². The standard InChI is InChI=1S/C12H14N4O2/c1-9-3-5-10(6-4-9)18-7-11(17)14-12-15-13-8-16(12)2/h3-6,8H,7H2,1-2H3,(H,14,15,17). The Balaban J connectivity index is 1.85. The van der Waals surface area contributed by atoms with Crippen LogP contribution in [0.25, 0.3) is 0 Å². The van der Waals surface area contributed by atoms with Crippen molar-refractivity contribution in [1.82, 2.24) is 14.8 Å². The molecule has 94 valence electrons. The first kappa shape index (κ1) is 12.1. The summed E-state index contributed by atoms with van der Waals surface area (Å²) in [6.45, 7) is 1.93. The number of nitrogens with zero attached hydrogens (tertiary/aromatic N) is 3. The van der Waals surface area contributed by atoms with Crippen LogP contribution in [0.2, 0.25) is 0 Å². The van der Waals surface area contributed by atoms with Gasteiger partial charge in [-0.15, -0.1) is 10.2 Å². The quantitative estimate of drug-likeness (QED) is 0.878. The van der Waals surface area contributed by atoms with E-state index in [1.54, 1.807) is 11.6 Å². The van der Waals surface area contributed by atoms with Gasteiger partial charge in [0.25, 0.3) is 5.91 Å². The van der Waals surface area contributed by atoms with Crippen molar-refractivity contribution in [3.63, 3.8) is 0 Å². The first-order valence-corrected chi connectivity index (χ1v) is 5.48. The Labute approximate surface area is 105 Å². The first-order chi connectivity index (χ1) is 8.65. The van der Waals surface area contributed by atoms with Crippen LogP contribution in [-0.4, -0.2) is 27.3 Å². The van der Waals surface area contributed by atoms with Gasteiger partial charge >= 0.3 is 0 Å². The fraction of sp³-hybridized carbons (Fsp3) is 0.250. The van der Waals surface area contributed by atoms with Crippen molar-refractivity contribution in [2.24, 2.45) is 7.05 Å². The van der Waals surface area contributed by atoms with Gasteiger partial charge in [-0.05, 0) is 19.1 Å². The van der Waals surface area contributed by atoms with E-state index in [4.69, 9.17) is 4.74 Å². The van der Waals surface area contributed by atoms with Crippen LogP contribution in [0.4, 0.5) is 5.95 Å². The molecule has 1 amide bonds. The van der Waals surface area contributed by atoms with Crippen LogP contribution in [0.3, 0.4) is 0 Å². The molecule has 0 aliphatic carbocycles. The number of aryl methyl sites for hydroxylation is 2. The summed E-state index contributed by atoms with van der Waals surface area (Å²) in [5, 5.41) is 10.0. The molecule has 1 heterocycles. The second kappa shape index (κ2) is 5.31. The number of rotatable bonds is 4. The lowest BCUT2D eigenvalue weighted by Gasteiger charge is -2.06. The minimum atomic E-state index is -0.272. The minimum absolute atomic E-state index is 0.0596. The Bertz CT molecular complexity index is 533. The average Bonchev–Trinajstić information content (AvgIpc) is 2.74. The number of amides is 1. The van der Waals surface area contributed by atoms with Gasteiger partial charge in [-0.25, -0.2) is 0 Å². The molecule has 0 saturated carbocycles. The molecule has 0 saturated heterocycles. The highest BCUT2D eigenvalue weighted by Crippen LogP contribution is 2.11. The molecule has 0 aliphatic rings. The molecular formula is C12H14N4O2. The predicted octanol–water partition coefficient (Wildman–Crippen LogP) is 1.14. The van der Waals surface area contributed by atoms with E-state index in [0.29, 0.717) is 11.7 Å². The third-order valence-corrected chi connectivity index (χ3v) is 2.35. The number of carbonyl (C=O) groups is 1. The number of nitrogens with one attached hydrogen (secondary N) is 1. The van der Waals surface area contributed by atoms with Gasteiger partial charge in [0.1, 0.15) is 12.1 Å². The molecule has 1 aromatic heterocycles. The molecule has 0 fully saturated rings. The lowest BCUT2D eigenvalue weighted by molar-refractivity contribution is -0.118. The van der Waals surface area contributed by atoms with Gasteiger partial charge in [-0.1, -0.05) is 17.7 Å². The maximum atomic E-state index is 11.6. The van der Waals surface area contributed by atoms with Crippen LogP contribution in [0.5, 0.6) is 5.75 Å². The summed E-state index contributed by atoms with van der Waals surface area (Å²) in [4.78, 5) is 11.6. The zero-order valence-corrected chi connectivity index (χ0v) is 10.3. The Morgan fingerprint density at radius 3 is 2.72 bits per heavy atom. The van der Waals surface area contributed by atoms with Crippen molar-refractivity contribution in [3.05, 3.63) is 36.2 Å². The summed E-state index contributed by atoms with van der Waals surface area (Å²) in [6.07, 6.45) is 1.51. The van der Waals surface area contributed by atoms with E-state index in [2.05, 4.69) is 15.5 Å². The molecule has 18 heavy (non-hydrogen) atoms. The van der Waals surface area contributed by atoms with Crippen molar-refractivity contribution in [1.29, 1.82) is 0 Å². The lowest BCUT2D eigenvalue weighted by atomic mass is 10.2. The fourth-order valence-electron chi connectivity index (χ4n) is 1.34. The van der Waals surface area contributed by atoms with E-state index < -0.39 is 0 Å². The zero-order valence-electron chi connectivity index (χ0n) is 10.3. The normalized spacial score (nSPS) is 10.1. The van der Waals surface area contributed by atoms with E-state index in [9.17, 15) is 4.79 Å². The molecule has 6 nitrogen and oxygen atoms in total. The number of ether oxygens (including phenoxy) is 1. The highest BCUT2D eigenvalue weighted by molar-refractivity contribution is 5.90. The topological polar surface area (TPSA) is 69.0 Å². The SMILES string of the molecule is Cc1ccc(OCC(=O)Nc2nncn2C)cc1. The summed E-state index contributed by atoms with van der Waals surface area (Å²) < 4.78 is 6.96. The Kier molecular flexibility index (Phi) is 3.57. The second-order valence-electron chi connectivity index (χ2n) is 3.92. The first-order valence-electron chi connectivity index (χ1n) is 5.48. The minimum Gasteiger partial charge on any atom is -0.484 e. The number of carbonyl (C=O) groups excluding carboxylic acids is 1. The third-order valence-electron chi connectivity index (χ3n) is 2.35. The van der Waals surface area contributed by atoms with Crippen LogP contribution in [0, 0.1) is 6.92 Å². The molecule has 0 aliphatic heterocycles. The molecule has 0 unspecified atom stereocenters. The number of hydrogen-bond acceptors (Lipinski definition) is 4. The maximum absolute atomic E-state index is 11.6. The highest BCUT2D eigenvalue weighted by Gasteiger charge is 2.07. The van der Waals surface area contributed by atoms with Crippen molar-refractivity contribution in [2.75, 3.05) is 11.9 Å². The van der Waals surface area contributed by atoms with Gasteiger partial charge in [-0.2, -0.15) is 0 Å². The summed E-state index contributed by atoms with van der Waals surface area (Å²) in [6, 6.07) is 7.50. The van der Waals surface area contributed by atoms with E-state index in [1.807, 2.05) is 31.2 Å². The molecule has 0 spiro atoms.